The average Bonchev–Trinajstić information content (AvgIpc) is 3.55. The minimum atomic E-state index is -0.496. The van der Waals surface area contributed by atoms with Gasteiger partial charge in [-0.15, -0.1) is 5.10 Å². The summed E-state index contributed by atoms with van der Waals surface area (Å²) in [5, 5.41) is 12.6. The van der Waals surface area contributed by atoms with Crippen molar-refractivity contribution in [3.05, 3.63) is 78.2 Å². The van der Waals surface area contributed by atoms with E-state index in [9.17, 15) is 9.18 Å². The van der Waals surface area contributed by atoms with E-state index in [4.69, 9.17) is 9.26 Å². The van der Waals surface area contributed by atoms with Crippen molar-refractivity contribution in [2.75, 3.05) is 13.1 Å². The molecule has 5 aromatic rings. The number of nitrogens with zero attached hydrogens (tertiary/aromatic N) is 7. The third-order valence-electron chi connectivity index (χ3n) is 6.10. The molecule has 0 atom stereocenters. The molecule has 0 spiro atoms. The van der Waals surface area contributed by atoms with Gasteiger partial charge in [-0.25, -0.2) is 14.1 Å². The van der Waals surface area contributed by atoms with Crippen LogP contribution in [0.3, 0.4) is 0 Å². The molecule has 10 nitrogen and oxygen atoms in total. The monoisotopic (exact) mass is 497 g/mol. The molecule has 6 rings (SSSR count). The SMILES string of the molecule is O=COc1cc(-c2c(-c3nc(-c4cccc(CN5CCC5)c4)no3)nnn2-c2ccccc2F)ccn1. The number of aromatic nitrogens is 6. The van der Waals surface area contributed by atoms with E-state index >= 15 is 0 Å². The molecular weight excluding hydrogens is 477 g/mol. The Morgan fingerprint density at radius 2 is 1.95 bits per heavy atom. The summed E-state index contributed by atoms with van der Waals surface area (Å²) in [7, 11) is 0. The first-order chi connectivity index (χ1) is 18.2. The zero-order valence-corrected chi connectivity index (χ0v) is 19.5. The minimum absolute atomic E-state index is 0.0602. The van der Waals surface area contributed by atoms with Crippen molar-refractivity contribution < 1.29 is 18.4 Å². The van der Waals surface area contributed by atoms with Gasteiger partial charge in [0.05, 0.1) is 0 Å². The molecule has 0 unspecified atom stereocenters. The first-order valence-electron chi connectivity index (χ1n) is 11.6. The Hall–Kier alpha value is -4.77. The lowest BCUT2D eigenvalue weighted by atomic mass is 10.1. The van der Waals surface area contributed by atoms with Crippen molar-refractivity contribution >= 4 is 6.47 Å². The van der Waals surface area contributed by atoms with Crippen molar-refractivity contribution in [3.63, 3.8) is 0 Å². The molecule has 1 aliphatic rings. The number of para-hydroxylation sites is 1. The van der Waals surface area contributed by atoms with Gasteiger partial charge in [0, 0.05) is 29.9 Å². The molecule has 2 aromatic carbocycles. The molecule has 1 aliphatic heterocycles. The quantitative estimate of drug-likeness (QED) is 0.294. The summed E-state index contributed by atoms with van der Waals surface area (Å²) in [5.41, 5.74) is 3.25. The first kappa shape index (κ1) is 22.7. The molecule has 0 bridgehead atoms. The Morgan fingerprint density at radius 1 is 1.05 bits per heavy atom. The summed E-state index contributed by atoms with van der Waals surface area (Å²) in [6, 6.07) is 17.3. The van der Waals surface area contributed by atoms with Crippen LogP contribution in [0.5, 0.6) is 5.88 Å². The van der Waals surface area contributed by atoms with Crippen LogP contribution in [0.15, 0.2) is 71.4 Å². The number of benzene rings is 2. The van der Waals surface area contributed by atoms with Gasteiger partial charge in [0.15, 0.2) is 5.69 Å². The number of pyridine rings is 1. The van der Waals surface area contributed by atoms with Gasteiger partial charge in [-0.2, -0.15) is 4.98 Å². The molecule has 3 aromatic heterocycles. The summed E-state index contributed by atoms with van der Waals surface area (Å²) in [4.78, 5) is 21.8. The number of carbonyl (C=O) groups excluding carboxylic acids is 1. The fourth-order valence-corrected chi connectivity index (χ4v) is 4.19. The van der Waals surface area contributed by atoms with Gasteiger partial charge in [-0.05, 0) is 49.3 Å². The second-order valence-electron chi connectivity index (χ2n) is 8.50. The van der Waals surface area contributed by atoms with Crippen LogP contribution in [0.4, 0.5) is 4.39 Å². The van der Waals surface area contributed by atoms with Crippen LogP contribution in [0, 0.1) is 5.82 Å². The van der Waals surface area contributed by atoms with E-state index < -0.39 is 5.82 Å². The Balaban J connectivity index is 1.42. The molecule has 11 heteroatoms. The standard InChI is InChI=1S/C26H20FN7O3/c27-20-7-1-2-8-21(20)34-24(18-9-10-28-22(14-18)36-16-35)23(30-32-34)26-29-25(31-37-26)19-6-3-5-17(13-19)15-33-11-4-12-33/h1-3,5-10,13-14,16H,4,11-12,15H2. The van der Waals surface area contributed by atoms with Gasteiger partial charge in [-0.1, -0.05) is 40.7 Å². The number of ether oxygens (including phenoxy) is 1. The molecule has 0 saturated carbocycles. The van der Waals surface area contributed by atoms with E-state index in [0.717, 1.165) is 30.8 Å². The smallest absolute Gasteiger partial charge is 0.299 e. The molecule has 0 N–H and O–H groups in total. The summed E-state index contributed by atoms with van der Waals surface area (Å²) >= 11 is 0. The van der Waals surface area contributed by atoms with Crippen molar-refractivity contribution in [1.82, 2.24) is 35.0 Å². The zero-order valence-electron chi connectivity index (χ0n) is 19.5. The molecule has 4 heterocycles. The predicted molar refractivity (Wildman–Crippen MR) is 130 cm³/mol. The number of likely N-dealkylation sites (tertiary alicyclic amines) is 1. The van der Waals surface area contributed by atoms with Gasteiger partial charge < -0.3 is 9.26 Å². The van der Waals surface area contributed by atoms with Gasteiger partial charge in [0.2, 0.25) is 11.7 Å². The normalized spacial score (nSPS) is 13.3. The molecule has 0 aliphatic carbocycles. The van der Waals surface area contributed by atoms with Crippen LogP contribution < -0.4 is 4.74 Å². The topological polar surface area (TPSA) is 112 Å². The fraction of sp³-hybridized carbons (Fsp3) is 0.154. The van der Waals surface area contributed by atoms with E-state index in [1.807, 2.05) is 18.2 Å². The van der Waals surface area contributed by atoms with E-state index in [1.54, 1.807) is 24.3 Å². The number of hydrogen-bond acceptors (Lipinski definition) is 9. The van der Waals surface area contributed by atoms with Crippen LogP contribution in [-0.4, -0.2) is 54.6 Å². The highest BCUT2D eigenvalue weighted by Gasteiger charge is 2.25. The first-order valence-corrected chi connectivity index (χ1v) is 11.6. The number of carbonyl (C=O) groups is 1. The van der Waals surface area contributed by atoms with Crippen molar-refractivity contribution in [3.8, 4) is 45.8 Å². The van der Waals surface area contributed by atoms with Crippen molar-refractivity contribution in [2.24, 2.45) is 0 Å². The lowest BCUT2D eigenvalue weighted by Gasteiger charge is -2.30. The number of rotatable bonds is 8. The highest BCUT2D eigenvalue weighted by molar-refractivity contribution is 5.76. The Labute approximate surface area is 210 Å². The Morgan fingerprint density at radius 3 is 2.76 bits per heavy atom. The summed E-state index contributed by atoms with van der Waals surface area (Å²) < 4.78 is 26.6. The van der Waals surface area contributed by atoms with Gasteiger partial charge >= 0.3 is 0 Å². The third-order valence-corrected chi connectivity index (χ3v) is 6.10. The Kier molecular flexibility index (Phi) is 5.95. The lowest BCUT2D eigenvalue weighted by Crippen LogP contribution is -2.36. The second-order valence-corrected chi connectivity index (χ2v) is 8.50. The second kappa shape index (κ2) is 9.70. The molecule has 0 amide bonds. The van der Waals surface area contributed by atoms with Crippen LogP contribution in [0.2, 0.25) is 0 Å². The highest BCUT2D eigenvalue weighted by atomic mass is 19.1. The van der Waals surface area contributed by atoms with E-state index in [-0.39, 0.29) is 29.6 Å². The minimum Gasteiger partial charge on any atom is -0.410 e. The fourth-order valence-electron chi connectivity index (χ4n) is 4.19. The van der Waals surface area contributed by atoms with Crippen LogP contribution in [-0.2, 0) is 11.3 Å². The van der Waals surface area contributed by atoms with E-state index in [2.05, 4.69) is 36.4 Å². The maximum absolute atomic E-state index is 14.7. The van der Waals surface area contributed by atoms with E-state index in [1.165, 1.54) is 29.4 Å². The summed E-state index contributed by atoms with van der Waals surface area (Å²) in [6.45, 7) is 3.35. The maximum Gasteiger partial charge on any atom is 0.299 e. The van der Waals surface area contributed by atoms with E-state index in [0.29, 0.717) is 17.1 Å². The van der Waals surface area contributed by atoms with Gasteiger partial charge in [0.1, 0.15) is 17.2 Å². The molecule has 0 radical (unpaired) electrons. The predicted octanol–water partition coefficient (Wildman–Crippen LogP) is 3.93. The summed E-state index contributed by atoms with van der Waals surface area (Å²) in [6.07, 6.45) is 2.68. The Bertz CT molecular complexity index is 1580. The summed E-state index contributed by atoms with van der Waals surface area (Å²) in [5.74, 6) is 0.0655. The molecule has 37 heavy (non-hydrogen) atoms. The van der Waals surface area contributed by atoms with Crippen molar-refractivity contribution in [1.29, 1.82) is 0 Å². The maximum atomic E-state index is 14.7. The zero-order chi connectivity index (χ0) is 25.2. The largest absolute Gasteiger partial charge is 0.410 e. The number of halogens is 1. The molecule has 184 valence electrons. The highest BCUT2D eigenvalue weighted by Crippen LogP contribution is 2.34. The van der Waals surface area contributed by atoms with Gasteiger partial charge in [0.25, 0.3) is 12.4 Å². The molecule has 1 saturated heterocycles. The van der Waals surface area contributed by atoms with Crippen LogP contribution in [0.1, 0.15) is 12.0 Å². The third kappa shape index (κ3) is 4.47. The molecule has 1 fully saturated rings. The molecular formula is C26H20FN7O3. The van der Waals surface area contributed by atoms with Crippen LogP contribution in [0.25, 0.3) is 39.9 Å². The van der Waals surface area contributed by atoms with Crippen molar-refractivity contribution in [2.45, 2.75) is 13.0 Å². The average molecular weight is 497 g/mol. The number of hydrogen-bond donors (Lipinski definition) is 0. The van der Waals surface area contributed by atoms with Gasteiger partial charge in [-0.3, -0.25) is 9.69 Å². The van der Waals surface area contributed by atoms with Crippen LogP contribution >= 0.6 is 0 Å². The lowest BCUT2D eigenvalue weighted by molar-refractivity contribution is -0.120.